The second kappa shape index (κ2) is 137. The Kier molecular flexibility index (Phi) is 162. The lowest BCUT2D eigenvalue weighted by Crippen LogP contribution is -1.93. The highest BCUT2D eigenvalue weighted by Gasteiger charge is 2.03. The first-order valence-corrected chi connectivity index (χ1v) is 46.3. The molecule has 0 spiro atoms. The van der Waals surface area contributed by atoms with E-state index in [-0.39, 0.29) is 6.42 Å². The standard InChI is InChI=1S/C12H24O2.C11H22O2.C10H20O2.C9H18O2.3C8H16O2.C7H14O2.C6H12O2.C5H10O2.C4H8O2.C3H6O2.C2H4O2/c1-2-3-4-5-6-7-8-9-10-11-12(13)14;1-2-3-4-5-6-7-8-9-10-11(12)13;1-2-3-4-5-6-7-8-9-10(11)12;1-2-3-4-5-6-7-8-9(10)11;3*1-2-3-4-5-6-7-8(9)10;1-2-3-4-5-6-7(8)9;1-2-3-4-5-6(7)8;1-2-3-4-5(6)7;1-2-3-4(5)6;1-2-3(4)5;1-2(3)4/h2-11H2,1H3,(H,13,14);2-10H2,1H3,(H,12,13);2-9H2,1H3,(H,11,12);2-8H2,1H3,(H,10,11);3*2-7H2,1H3,(H,9,10);2-6H2,1H3,(H,8,9);2-5H2,1H3,(H,7,8);2-4H2,1H3,(H,6,7);2-3H2,1H3,(H,5,6);2H2,1H3,(H,4,5);1H3,(H,3,4). The first-order chi connectivity index (χ1) is 56.5. The molecule has 0 bridgehead atoms. The fourth-order valence-corrected chi connectivity index (χ4v) is 9.70. The number of carbonyl (C=O) groups is 13. The molecule has 0 heterocycles. The van der Waals surface area contributed by atoms with Gasteiger partial charge in [-0.1, -0.05) is 366 Å². The molecule has 26 heteroatoms. The van der Waals surface area contributed by atoms with Crippen molar-refractivity contribution in [2.75, 3.05) is 0 Å². The lowest BCUT2D eigenvalue weighted by atomic mass is 10.1. The van der Waals surface area contributed by atoms with Crippen molar-refractivity contribution in [2.24, 2.45) is 0 Å². The Bertz CT molecular complexity index is 2060. The molecule has 0 radical (unpaired) electrons. The van der Waals surface area contributed by atoms with Crippen LogP contribution in [0.2, 0.25) is 0 Å². The van der Waals surface area contributed by atoms with E-state index in [1.165, 1.54) is 205 Å². The maximum Gasteiger partial charge on any atom is 0.303 e. The summed E-state index contributed by atoms with van der Waals surface area (Å²) in [5.41, 5.74) is 0. The minimum absolute atomic E-state index is 0.222. The molecule has 0 aromatic carbocycles. The number of aliphatic carboxylic acids is 13. The largest absolute Gasteiger partial charge is 0.481 e. The summed E-state index contributed by atoms with van der Waals surface area (Å²) in [6, 6.07) is 0. The number of carboxylic acid groups (broad SMARTS) is 13. The molecule has 119 heavy (non-hydrogen) atoms. The van der Waals surface area contributed by atoms with Crippen molar-refractivity contribution in [1.29, 1.82) is 0 Å². The smallest absolute Gasteiger partial charge is 0.303 e. The molecule has 0 saturated heterocycles. The van der Waals surface area contributed by atoms with E-state index >= 15 is 0 Å². The predicted octanol–water partition coefficient (Wildman–Crippen LogP) is 27.3. The molecule has 0 aliphatic rings. The zero-order chi connectivity index (χ0) is 93.9. The number of carboxylic acids is 13. The van der Waals surface area contributed by atoms with Crippen LogP contribution >= 0.6 is 0 Å². The predicted molar refractivity (Wildman–Crippen MR) is 482 cm³/mol. The molecule has 0 aliphatic heterocycles. The molecule has 0 saturated carbocycles. The van der Waals surface area contributed by atoms with Crippen molar-refractivity contribution in [3.63, 3.8) is 0 Å². The summed E-state index contributed by atoms with van der Waals surface area (Å²) < 4.78 is 0. The number of hydrogen-bond acceptors (Lipinski definition) is 13. The lowest BCUT2D eigenvalue weighted by molar-refractivity contribution is -0.138. The van der Waals surface area contributed by atoms with Gasteiger partial charge in [0, 0.05) is 84.0 Å². The maximum atomic E-state index is 10.2. The highest BCUT2D eigenvalue weighted by Crippen LogP contribution is 2.14. The average molecular weight is 1720 g/mol. The van der Waals surface area contributed by atoms with Crippen LogP contribution in [0.1, 0.15) is 520 Å². The van der Waals surface area contributed by atoms with Gasteiger partial charge in [0.2, 0.25) is 0 Å². The third kappa shape index (κ3) is 254. The Morgan fingerprint density at radius 2 is 0.210 bits per heavy atom. The van der Waals surface area contributed by atoms with Crippen LogP contribution in [-0.4, -0.2) is 144 Å². The number of unbranched alkanes of at least 4 members (excludes halogenated alkanes) is 44. The van der Waals surface area contributed by atoms with E-state index in [1.807, 2.05) is 13.8 Å². The van der Waals surface area contributed by atoms with Gasteiger partial charge in [0.05, 0.1) is 0 Å². The summed E-state index contributed by atoms with van der Waals surface area (Å²) in [7, 11) is 0. The first kappa shape index (κ1) is 141. The zero-order valence-corrected chi connectivity index (χ0v) is 78.0. The van der Waals surface area contributed by atoms with Gasteiger partial charge in [-0.15, -0.1) is 0 Å². The van der Waals surface area contributed by atoms with Gasteiger partial charge in [-0.25, -0.2) is 0 Å². The summed E-state index contributed by atoms with van der Waals surface area (Å²) in [5, 5.41) is 106. The Morgan fingerprint density at radius 3 is 0.294 bits per heavy atom. The van der Waals surface area contributed by atoms with E-state index in [0.717, 1.165) is 155 Å². The minimum atomic E-state index is -0.833. The summed E-state index contributed by atoms with van der Waals surface area (Å²) in [6.07, 6.45) is 66.2. The van der Waals surface area contributed by atoms with Crippen molar-refractivity contribution in [3.8, 4) is 0 Å². The molecule has 26 nitrogen and oxygen atoms in total. The van der Waals surface area contributed by atoms with Crippen LogP contribution in [0.15, 0.2) is 0 Å². The van der Waals surface area contributed by atoms with Crippen LogP contribution in [0, 0.1) is 0 Å². The van der Waals surface area contributed by atoms with E-state index < -0.39 is 77.6 Å². The second-order valence-electron chi connectivity index (χ2n) is 29.4. The molecule has 0 aromatic heterocycles. The summed E-state index contributed by atoms with van der Waals surface area (Å²) in [6.45, 7) is 25.9. The normalized spacial score (nSPS) is 9.49. The summed E-state index contributed by atoms with van der Waals surface area (Å²) in [5.74, 6) is -9.00. The van der Waals surface area contributed by atoms with Gasteiger partial charge < -0.3 is 66.4 Å². The van der Waals surface area contributed by atoms with E-state index in [1.54, 1.807) is 6.92 Å². The highest BCUT2D eigenvalue weighted by molar-refractivity contribution is 5.69. The third-order valence-electron chi connectivity index (χ3n) is 16.7. The van der Waals surface area contributed by atoms with Crippen molar-refractivity contribution < 1.29 is 129 Å². The zero-order valence-electron chi connectivity index (χ0n) is 78.0. The Hall–Kier alpha value is -6.89. The van der Waals surface area contributed by atoms with Crippen LogP contribution in [0.25, 0.3) is 0 Å². The Morgan fingerprint density at radius 1 is 0.126 bits per heavy atom. The van der Waals surface area contributed by atoms with Crippen molar-refractivity contribution >= 4 is 77.6 Å². The Labute approximate surface area is 723 Å². The SMILES string of the molecule is CC(=O)O.CCC(=O)O.CCCC(=O)O.CCCCC(=O)O.CCCCCC(=O)O.CCCCCCC(=O)O.CCCCCCCC(=O)O.CCCCCCCC(=O)O.CCCCCCCC(=O)O.CCCCCCCCC(=O)O.CCCCCCCCCC(=O)O.CCCCCCCCCCC(=O)O.CCCCCCCCCCCC(=O)O. The number of rotatable bonds is 67. The first-order valence-electron chi connectivity index (χ1n) is 46.3. The monoisotopic (exact) mass is 1720 g/mol. The molecule has 0 unspecified atom stereocenters. The third-order valence-corrected chi connectivity index (χ3v) is 16.7. The molecule has 0 amide bonds. The molecular weight excluding hydrogens is 1530 g/mol. The molecular formula is C93H186O26. The summed E-state index contributed by atoms with van der Waals surface area (Å²) in [4.78, 5) is 128. The average Bonchev–Trinajstić information content (AvgIpc) is 1.27. The molecule has 0 aromatic rings. The van der Waals surface area contributed by atoms with Gasteiger partial charge in [-0.2, -0.15) is 0 Å². The van der Waals surface area contributed by atoms with Crippen LogP contribution in [0.5, 0.6) is 0 Å². The van der Waals surface area contributed by atoms with Gasteiger partial charge in [0.25, 0.3) is 5.97 Å². The lowest BCUT2D eigenvalue weighted by Gasteiger charge is -2.00. The van der Waals surface area contributed by atoms with Gasteiger partial charge in [-0.3, -0.25) is 62.3 Å². The van der Waals surface area contributed by atoms with Crippen LogP contribution in [-0.2, 0) is 62.3 Å². The van der Waals surface area contributed by atoms with Gasteiger partial charge in [0.1, 0.15) is 0 Å². The van der Waals surface area contributed by atoms with Crippen molar-refractivity contribution in [3.05, 3.63) is 0 Å². The topological polar surface area (TPSA) is 485 Å². The second-order valence-corrected chi connectivity index (χ2v) is 29.4. The van der Waals surface area contributed by atoms with Crippen molar-refractivity contribution in [1.82, 2.24) is 0 Å². The van der Waals surface area contributed by atoms with Crippen LogP contribution in [0.4, 0.5) is 0 Å². The van der Waals surface area contributed by atoms with Crippen LogP contribution < -0.4 is 0 Å². The highest BCUT2D eigenvalue weighted by atomic mass is 16.4. The quantitative estimate of drug-likeness (QED) is 0.0252. The molecule has 0 fully saturated rings. The molecule has 714 valence electrons. The molecule has 0 atom stereocenters. The van der Waals surface area contributed by atoms with Gasteiger partial charge in [0.15, 0.2) is 0 Å². The van der Waals surface area contributed by atoms with Crippen molar-refractivity contribution in [2.45, 2.75) is 520 Å². The van der Waals surface area contributed by atoms with Gasteiger partial charge >= 0.3 is 71.6 Å². The Balaban J connectivity index is -0.0000000939. The summed E-state index contributed by atoms with van der Waals surface area (Å²) >= 11 is 0. The van der Waals surface area contributed by atoms with E-state index in [2.05, 4.69) is 62.3 Å². The molecule has 0 aliphatic carbocycles. The molecule has 13 N–H and O–H groups in total. The maximum absolute atomic E-state index is 10.2. The number of hydrogen-bond donors (Lipinski definition) is 13. The van der Waals surface area contributed by atoms with E-state index in [0.29, 0.717) is 70.6 Å². The van der Waals surface area contributed by atoms with Crippen LogP contribution in [0.3, 0.4) is 0 Å². The molecule has 0 rings (SSSR count). The minimum Gasteiger partial charge on any atom is -0.481 e. The van der Waals surface area contributed by atoms with E-state index in [4.69, 9.17) is 71.2 Å². The fraction of sp³-hybridized carbons (Fsp3) is 0.860. The van der Waals surface area contributed by atoms with Gasteiger partial charge in [-0.05, 0) is 70.6 Å². The van der Waals surface area contributed by atoms with E-state index in [9.17, 15) is 57.5 Å². The fourth-order valence-electron chi connectivity index (χ4n) is 9.70.